The highest BCUT2D eigenvalue weighted by atomic mass is 32.2. The molecule has 3 saturated heterocycles. The maximum atomic E-state index is 13.7. The number of fused-ring (bicyclic) bond motifs is 3. The molecule has 3 fully saturated rings. The Morgan fingerprint density at radius 1 is 1.16 bits per heavy atom. The van der Waals surface area contributed by atoms with E-state index in [1.54, 1.807) is 17.6 Å². The van der Waals surface area contributed by atoms with Crippen molar-refractivity contribution in [3.63, 3.8) is 0 Å². The average Bonchev–Trinajstić information content (AvgIpc) is 3.58. The zero-order chi connectivity index (χ0) is 25.6. The van der Waals surface area contributed by atoms with Gasteiger partial charge in [0.25, 0.3) is 10.2 Å². The molecule has 37 heavy (non-hydrogen) atoms. The highest BCUT2D eigenvalue weighted by Gasteiger charge is 2.50. The van der Waals surface area contributed by atoms with Crippen LogP contribution in [0.2, 0.25) is 0 Å². The zero-order valence-corrected chi connectivity index (χ0v) is 22.0. The lowest BCUT2D eigenvalue weighted by Crippen LogP contribution is -2.55. The average molecular weight is 527 g/mol. The number of aromatic amines is 1. The van der Waals surface area contributed by atoms with Crippen LogP contribution in [0.15, 0.2) is 30.5 Å². The first kappa shape index (κ1) is 24.5. The van der Waals surface area contributed by atoms with Gasteiger partial charge in [0.05, 0.1) is 12.1 Å². The molecular weight excluding hydrogens is 492 g/mol. The van der Waals surface area contributed by atoms with Crippen LogP contribution in [0.25, 0.3) is 10.9 Å². The largest absolute Gasteiger partial charge is 0.383 e. The number of pyridine rings is 2. The predicted octanol–water partition coefficient (Wildman–Crippen LogP) is 3.17. The smallest absolute Gasteiger partial charge is 0.282 e. The summed E-state index contributed by atoms with van der Waals surface area (Å²) in [6, 6.07) is 7.78. The van der Waals surface area contributed by atoms with Gasteiger partial charge in [-0.05, 0) is 57.6 Å². The number of rotatable bonds is 8. The predicted molar refractivity (Wildman–Crippen MR) is 142 cm³/mol. The number of hydrogen-bond acceptors (Lipinski definition) is 8. The molecule has 2 unspecified atom stereocenters. The molecular formula is C25H34N8O3S. The summed E-state index contributed by atoms with van der Waals surface area (Å²) >= 11 is 0. The van der Waals surface area contributed by atoms with Crippen LogP contribution in [0.4, 0.5) is 17.5 Å². The molecule has 0 aliphatic carbocycles. The fourth-order valence-electron chi connectivity index (χ4n) is 6.28. The standard InChI is InChI=1S/C25H34N8O3S/c1-16-11-24(31-30-16)28-23-14-22-21(6-3-9-26-22)25(29-23)27-17-12-18-7-8-19(13-17)33(18)37(34,35)32-10-4-5-20(32)15-36-2/h3,6,9,11,14,17-20H,4-5,7-8,10,12-13,15H2,1-2H3,(H3,27,28,29,30,31)/t17?,18-,19+,20?. The molecule has 0 radical (unpaired) electrons. The van der Waals surface area contributed by atoms with E-state index in [0.29, 0.717) is 24.8 Å². The number of nitrogens with one attached hydrogen (secondary N) is 3. The summed E-state index contributed by atoms with van der Waals surface area (Å²) in [5.41, 5.74) is 1.79. The van der Waals surface area contributed by atoms with Crippen LogP contribution < -0.4 is 10.6 Å². The zero-order valence-electron chi connectivity index (χ0n) is 21.2. The van der Waals surface area contributed by atoms with E-state index in [-0.39, 0.29) is 24.2 Å². The molecule has 3 N–H and O–H groups in total. The van der Waals surface area contributed by atoms with E-state index in [1.807, 2.05) is 35.5 Å². The maximum Gasteiger partial charge on any atom is 0.282 e. The number of piperidine rings is 1. The van der Waals surface area contributed by atoms with Gasteiger partial charge in [0.15, 0.2) is 5.82 Å². The number of methoxy groups -OCH3 is 1. The Morgan fingerprint density at radius 2 is 1.97 bits per heavy atom. The molecule has 0 spiro atoms. The minimum atomic E-state index is -3.53. The monoisotopic (exact) mass is 526 g/mol. The number of aromatic nitrogens is 4. The van der Waals surface area contributed by atoms with Crippen molar-refractivity contribution in [2.75, 3.05) is 30.9 Å². The van der Waals surface area contributed by atoms with Gasteiger partial charge >= 0.3 is 0 Å². The van der Waals surface area contributed by atoms with Gasteiger partial charge in [-0.3, -0.25) is 10.1 Å². The van der Waals surface area contributed by atoms with Crippen LogP contribution in [-0.2, 0) is 14.9 Å². The summed E-state index contributed by atoms with van der Waals surface area (Å²) in [5.74, 6) is 2.10. The van der Waals surface area contributed by atoms with Crippen molar-refractivity contribution < 1.29 is 13.2 Å². The van der Waals surface area contributed by atoms with Gasteiger partial charge in [-0.2, -0.15) is 22.1 Å². The Labute approximate surface area is 217 Å². The fraction of sp³-hybridized carbons (Fsp3) is 0.560. The van der Waals surface area contributed by atoms with Crippen molar-refractivity contribution in [1.29, 1.82) is 0 Å². The minimum absolute atomic E-state index is 0.0113. The molecule has 4 atom stereocenters. The number of aryl methyl sites for hydroxylation is 1. The number of ether oxygens (including phenoxy) is 1. The van der Waals surface area contributed by atoms with Crippen molar-refractivity contribution in [2.24, 2.45) is 0 Å². The van der Waals surface area contributed by atoms with Crippen LogP contribution in [0.5, 0.6) is 0 Å². The summed E-state index contributed by atoms with van der Waals surface area (Å²) in [6.45, 7) is 2.97. The fourth-order valence-corrected chi connectivity index (χ4v) is 8.56. The molecule has 3 aromatic heterocycles. The van der Waals surface area contributed by atoms with Crippen LogP contribution in [-0.4, -0.2) is 81.6 Å². The molecule has 11 nitrogen and oxygen atoms in total. The summed E-state index contributed by atoms with van der Waals surface area (Å²) in [5, 5.41) is 15.0. The van der Waals surface area contributed by atoms with Crippen molar-refractivity contribution in [2.45, 2.75) is 69.6 Å². The minimum Gasteiger partial charge on any atom is -0.383 e. The normalized spacial score (nSPS) is 26.6. The highest BCUT2D eigenvalue weighted by molar-refractivity contribution is 7.86. The van der Waals surface area contributed by atoms with E-state index < -0.39 is 10.2 Å². The second-order valence-corrected chi connectivity index (χ2v) is 12.2. The third-order valence-electron chi connectivity index (χ3n) is 7.81. The Hall–Kier alpha value is -2.80. The SMILES string of the molecule is COCC1CCCN1S(=O)(=O)N1[C@@H]2CC[C@H]1CC(Nc1nc(Nc3cc(C)[nH]n3)cc3ncccc13)C2. The van der Waals surface area contributed by atoms with Crippen molar-refractivity contribution in [3.8, 4) is 0 Å². The highest BCUT2D eigenvalue weighted by Crippen LogP contribution is 2.41. The van der Waals surface area contributed by atoms with E-state index in [4.69, 9.17) is 9.72 Å². The third kappa shape index (κ3) is 4.67. The van der Waals surface area contributed by atoms with E-state index in [2.05, 4.69) is 25.8 Å². The van der Waals surface area contributed by atoms with Gasteiger partial charge < -0.3 is 15.4 Å². The Bertz CT molecular complexity index is 1370. The van der Waals surface area contributed by atoms with Gasteiger partial charge in [-0.25, -0.2) is 4.98 Å². The second-order valence-electron chi connectivity index (χ2n) is 10.4. The van der Waals surface area contributed by atoms with Gasteiger partial charge in [0, 0.05) is 67.2 Å². The number of anilines is 3. The summed E-state index contributed by atoms with van der Waals surface area (Å²) in [6.07, 6.45) is 6.79. The summed E-state index contributed by atoms with van der Waals surface area (Å²) < 4.78 is 36.3. The topological polar surface area (TPSA) is 128 Å². The Morgan fingerprint density at radius 3 is 2.70 bits per heavy atom. The Kier molecular flexibility index (Phi) is 6.51. The molecule has 3 aliphatic heterocycles. The molecule has 6 heterocycles. The summed E-state index contributed by atoms with van der Waals surface area (Å²) in [4.78, 5) is 9.40. The maximum absolute atomic E-state index is 13.7. The van der Waals surface area contributed by atoms with E-state index in [0.717, 1.165) is 60.9 Å². The number of H-pyrrole nitrogens is 1. The molecule has 0 aromatic carbocycles. The van der Waals surface area contributed by atoms with Gasteiger partial charge in [0.2, 0.25) is 0 Å². The molecule has 3 aliphatic rings. The first-order valence-corrected chi connectivity index (χ1v) is 14.4. The molecule has 0 saturated carbocycles. The van der Waals surface area contributed by atoms with Crippen molar-refractivity contribution >= 4 is 38.6 Å². The quantitative estimate of drug-likeness (QED) is 0.408. The lowest BCUT2D eigenvalue weighted by atomic mass is 9.99. The van der Waals surface area contributed by atoms with E-state index in [9.17, 15) is 8.42 Å². The van der Waals surface area contributed by atoms with Crippen LogP contribution in [0.3, 0.4) is 0 Å². The van der Waals surface area contributed by atoms with Crippen LogP contribution >= 0.6 is 0 Å². The van der Waals surface area contributed by atoms with Crippen molar-refractivity contribution in [1.82, 2.24) is 28.8 Å². The van der Waals surface area contributed by atoms with E-state index >= 15 is 0 Å². The van der Waals surface area contributed by atoms with Crippen LogP contribution in [0.1, 0.15) is 44.2 Å². The molecule has 6 rings (SSSR count). The van der Waals surface area contributed by atoms with Gasteiger partial charge in [-0.1, -0.05) is 0 Å². The van der Waals surface area contributed by atoms with Gasteiger partial charge in [-0.15, -0.1) is 0 Å². The van der Waals surface area contributed by atoms with E-state index in [1.165, 1.54) is 0 Å². The number of hydrogen-bond donors (Lipinski definition) is 3. The lowest BCUT2D eigenvalue weighted by Gasteiger charge is -2.41. The van der Waals surface area contributed by atoms with Gasteiger partial charge in [0.1, 0.15) is 11.6 Å². The first-order chi connectivity index (χ1) is 17.9. The van der Waals surface area contributed by atoms with Crippen molar-refractivity contribution in [3.05, 3.63) is 36.2 Å². The lowest BCUT2D eigenvalue weighted by molar-refractivity contribution is 0.140. The third-order valence-corrected chi connectivity index (χ3v) is 10.0. The molecule has 0 amide bonds. The van der Waals surface area contributed by atoms with Crippen LogP contribution in [0, 0.1) is 6.92 Å². The Balaban J connectivity index is 1.22. The molecule has 198 valence electrons. The second kappa shape index (κ2) is 9.82. The summed E-state index contributed by atoms with van der Waals surface area (Å²) in [7, 11) is -1.89. The molecule has 3 aromatic rings. The number of nitrogens with zero attached hydrogens (tertiary/aromatic N) is 5. The first-order valence-electron chi connectivity index (χ1n) is 13.0. The molecule has 12 heteroatoms. The molecule has 2 bridgehead atoms.